The third-order valence-corrected chi connectivity index (χ3v) is 7.20. The Kier molecular flexibility index (Phi) is 5.22. The number of nitrogens with one attached hydrogen (secondary N) is 1. The Morgan fingerprint density at radius 1 is 1.09 bits per heavy atom. The Labute approximate surface area is 195 Å². The van der Waals surface area contributed by atoms with Gasteiger partial charge < -0.3 is 10.1 Å². The molecule has 0 aromatic heterocycles. The fourth-order valence-electron chi connectivity index (χ4n) is 5.65. The number of amides is 3. The van der Waals surface area contributed by atoms with E-state index in [0.717, 1.165) is 10.5 Å². The summed E-state index contributed by atoms with van der Waals surface area (Å²) in [5.41, 5.74) is -0.329. The van der Waals surface area contributed by atoms with E-state index in [4.69, 9.17) is 16.3 Å². The number of nitrogens with zero attached hydrogens (tertiary/aromatic N) is 2. The fourth-order valence-corrected chi connectivity index (χ4v) is 5.78. The Morgan fingerprint density at radius 3 is 2.45 bits per heavy atom. The van der Waals surface area contributed by atoms with Crippen LogP contribution in [0.3, 0.4) is 0 Å². The van der Waals surface area contributed by atoms with Crippen LogP contribution in [0.15, 0.2) is 54.6 Å². The molecule has 4 atom stereocenters. The highest BCUT2D eigenvalue weighted by molar-refractivity contribution is 6.31. The maximum Gasteiger partial charge on any atom is 0.307 e. The van der Waals surface area contributed by atoms with Crippen molar-refractivity contribution in [1.29, 1.82) is 0 Å². The Hall–Kier alpha value is -3.23. The minimum absolute atomic E-state index is 0.326. The number of imide groups is 1. The van der Waals surface area contributed by atoms with Gasteiger partial charge in [0.15, 0.2) is 0 Å². The van der Waals surface area contributed by atoms with E-state index in [1.165, 1.54) is 7.11 Å². The molecular formula is C24H22ClN3O5. The van der Waals surface area contributed by atoms with Gasteiger partial charge >= 0.3 is 5.97 Å². The van der Waals surface area contributed by atoms with Gasteiger partial charge in [-0.15, -0.1) is 0 Å². The largest absolute Gasteiger partial charge is 0.469 e. The van der Waals surface area contributed by atoms with E-state index in [1.54, 1.807) is 24.3 Å². The van der Waals surface area contributed by atoms with Gasteiger partial charge in [-0.1, -0.05) is 41.9 Å². The van der Waals surface area contributed by atoms with Crippen molar-refractivity contribution >= 4 is 41.0 Å². The number of fused-ring (bicyclic) bond motifs is 3. The standard InChI is InChI=1S/C24H22ClN3O5/c1-33-17(29)13-24-19-18(21(30)28(22(19)31)16-9-7-15(25)8-10-16)20(14-5-3-2-4-6-14)27(24)12-11-26-23(24)32/h2-10,18-20H,11-13H2,1H3,(H,26,32)/t18-,19-,20-,24-/m0/s1. The molecule has 9 heteroatoms. The highest BCUT2D eigenvalue weighted by Crippen LogP contribution is 2.57. The molecule has 3 fully saturated rings. The first-order chi connectivity index (χ1) is 15.9. The number of hydrogen-bond acceptors (Lipinski definition) is 6. The number of methoxy groups -OCH3 is 1. The maximum absolute atomic E-state index is 13.8. The normalized spacial score (nSPS) is 29.0. The summed E-state index contributed by atoms with van der Waals surface area (Å²) in [5.74, 6) is -3.82. The molecule has 3 saturated heterocycles. The van der Waals surface area contributed by atoms with E-state index in [1.807, 2.05) is 35.2 Å². The SMILES string of the molecule is COC(=O)C[C@]12C(=O)NCCN1[C@@H](c1ccccc1)[C@H]1C(=O)N(c3ccc(Cl)cc3)C(=O)[C@H]12. The molecule has 0 spiro atoms. The lowest BCUT2D eigenvalue weighted by Crippen LogP contribution is -2.67. The van der Waals surface area contributed by atoms with E-state index < -0.39 is 47.1 Å². The third-order valence-electron chi connectivity index (χ3n) is 6.95. The molecule has 1 N–H and O–H groups in total. The lowest BCUT2D eigenvalue weighted by molar-refractivity contribution is -0.154. The summed E-state index contributed by atoms with van der Waals surface area (Å²) < 4.78 is 4.91. The molecule has 2 aromatic carbocycles. The summed E-state index contributed by atoms with van der Waals surface area (Å²) in [4.78, 5) is 56.6. The zero-order valence-electron chi connectivity index (χ0n) is 17.9. The summed E-state index contributed by atoms with van der Waals surface area (Å²) in [7, 11) is 1.24. The van der Waals surface area contributed by atoms with Crippen LogP contribution in [0.1, 0.15) is 18.0 Å². The number of esters is 1. The number of benzene rings is 2. The molecule has 0 radical (unpaired) electrons. The number of carbonyl (C=O) groups excluding carboxylic acids is 4. The molecule has 3 aliphatic heterocycles. The summed E-state index contributed by atoms with van der Waals surface area (Å²) in [6.07, 6.45) is -0.326. The molecule has 170 valence electrons. The first-order valence-corrected chi connectivity index (χ1v) is 11.1. The highest BCUT2D eigenvalue weighted by atomic mass is 35.5. The van der Waals surface area contributed by atoms with Crippen LogP contribution in [0.2, 0.25) is 5.02 Å². The average Bonchev–Trinajstić information content (AvgIpc) is 3.26. The lowest BCUT2D eigenvalue weighted by atomic mass is 9.76. The quantitative estimate of drug-likeness (QED) is 0.545. The lowest BCUT2D eigenvalue weighted by Gasteiger charge is -2.45. The minimum Gasteiger partial charge on any atom is -0.469 e. The molecule has 5 rings (SSSR count). The van der Waals surface area contributed by atoms with Crippen molar-refractivity contribution in [2.75, 3.05) is 25.1 Å². The Morgan fingerprint density at radius 2 is 1.79 bits per heavy atom. The van der Waals surface area contributed by atoms with E-state index in [-0.39, 0.29) is 6.42 Å². The van der Waals surface area contributed by atoms with Crippen molar-refractivity contribution in [2.24, 2.45) is 11.8 Å². The van der Waals surface area contributed by atoms with Crippen molar-refractivity contribution in [3.05, 3.63) is 65.2 Å². The Bertz CT molecular complexity index is 1140. The van der Waals surface area contributed by atoms with Gasteiger partial charge in [0.2, 0.25) is 17.7 Å². The predicted molar refractivity (Wildman–Crippen MR) is 119 cm³/mol. The predicted octanol–water partition coefficient (Wildman–Crippen LogP) is 1.93. The van der Waals surface area contributed by atoms with Gasteiger partial charge in [-0.3, -0.25) is 24.1 Å². The molecule has 8 nitrogen and oxygen atoms in total. The zero-order valence-corrected chi connectivity index (χ0v) is 18.6. The summed E-state index contributed by atoms with van der Waals surface area (Å²) in [6.45, 7) is 0.755. The van der Waals surface area contributed by atoms with Crippen molar-refractivity contribution in [2.45, 2.75) is 18.0 Å². The van der Waals surface area contributed by atoms with Gasteiger partial charge in [0.25, 0.3) is 0 Å². The molecule has 0 unspecified atom stereocenters. The molecule has 0 aliphatic carbocycles. The number of halogens is 1. The molecule has 0 saturated carbocycles. The molecule has 33 heavy (non-hydrogen) atoms. The molecular weight excluding hydrogens is 446 g/mol. The molecule has 3 aliphatic rings. The number of anilines is 1. The molecule has 2 aromatic rings. The average molecular weight is 468 g/mol. The van der Waals surface area contributed by atoms with E-state index in [2.05, 4.69) is 5.32 Å². The van der Waals surface area contributed by atoms with Gasteiger partial charge in [0, 0.05) is 24.2 Å². The van der Waals surface area contributed by atoms with Gasteiger partial charge in [-0.05, 0) is 29.8 Å². The fraction of sp³-hybridized carbons (Fsp3) is 0.333. The Balaban J connectivity index is 1.70. The third kappa shape index (κ3) is 3.08. The topological polar surface area (TPSA) is 96.0 Å². The van der Waals surface area contributed by atoms with Crippen LogP contribution < -0.4 is 10.2 Å². The second-order valence-electron chi connectivity index (χ2n) is 8.47. The highest BCUT2D eigenvalue weighted by Gasteiger charge is 2.73. The molecule has 3 heterocycles. The van der Waals surface area contributed by atoms with Crippen molar-refractivity contribution in [3.8, 4) is 0 Å². The number of hydrogen-bond donors (Lipinski definition) is 1. The van der Waals surface area contributed by atoms with E-state index in [9.17, 15) is 19.2 Å². The van der Waals surface area contributed by atoms with Crippen LogP contribution in [0.5, 0.6) is 0 Å². The first-order valence-electron chi connectivity index (χ1n) is 10.7. The molecule has 0 bridgehead atoms. The van der Waals surface area contributed by atoms with Crippen LogP contribution in [0.4, 0.5) is 5.69 Å². The second-order valence-corrected chi connectivity index (χ2v) is 8.91. The summed E-state index contributed by atoms with van der Waals surface area (Å²) in [6, 6.07) is 15.2. The van der Waals surface area contributed by atoms with Crippen molar-refractivity contribution in [1.82, 2.24) is 10.2 Å². The molecule has 3 amide bonds. The van der Waals surface area contributed by atoms with Crippen LogP contribution in [0, 0.1) is 11.8 Å². The van der Waals surface area contributed by atoms with Gasteiger partial charge in [0.05, 0.1) is 31.1 Å². The van der Waals surface area contributed by atoms with Crippen LogP contribution in [-0.2, 0) is 23.9 Å². The van der Waals surface area contributed by atoms with Crippen molar-refractivity contribution in [3.63, 3.8) is 0 Å². The number of carbonyl (C=O) groups is 4. The van der Waals surface area contributed by atoms with Crippen LogP contribution >= 0.6 is 11.6 Å². The minimum atomic E-state index is -1.52. The summed E-state index contributed by atoms with van der Waals surface area (Å²) >= 11 is 6.00. The number of ether oxygens (including phenoxy) is 1. The van der Waals surface area contributed by atoms with Crippen LogP contribution in [0.25, 0.3) is 0 Å². The van der Waals surface area contributed by atoms with Gasteiger partial charge in [-0.2, -0.15) is 0 Å². The zero-order chi connectivity index (χ0) is 23.3. The smallest absolute Gasteiger partial charge is 0.307 e. The number of rotatable bonds is 4. The van der Waals surface area contributed by atoms with Crippen molar-refractivity contribution < 1.29 is 23.9 Å². The monoisotopic (exact) mass is 467 g/mol. The van der Waals surface area contributed by atoms with E-state index in [0.29, 0.717) is 23.8 Å². The maximum atomic E-state index is 13.8. The first kappa shape index (κ1) is 21.6. The van der Waals surface area contributed by atoms with Gasteiger partial charge in [-0.25, -0.2) is 4.90 Å². The summed E-state index contributed by atoms with van der Waals surface area (Å²) in [5, 5.41) is 3.29. The van der Waals surface area contributed by atoms with E-state index >= 15 is 0 Å². The second kappa shape index (κ2) is 7.97. The van der Waals surface area contributed by atoms with Gasteiger partial charge in [0.1, 0.15) is 5.54 Å². The number of piperazine rings is 1. The van der Waals surface area contributed by atoms with Crippen LogP contribution in [-0.4, -0.2) is 54.3 Å².